The third-order valence-electron chi connectivity index (χ3n) is 3.26. The van der Waals surface area contributed by atoms with Gasteiger partial charge in [-0.2, -0.15) is 0 Å². The smallest absolute Gasteiger partial charge is 0.0587 e. The normalized spacial score (nSPS) is 12.4. The molecule has 0 aromatic heterocycles. The summed E-state index contributed by atoms with van der Waals surface area (Å²) in [6.45, 7) is 5.33. The molecule has 0 saturated heterocycles. The Balaban J connectivity index is 2.41. The number of hydrogen-bond donors (Lipinski definition) is 1. The summed E-state index contributed by atoms with van der Waals surface area (Å²) < 4.78 is 2.26. The van der Waals surface area contributed by atoms with Gasteiger partial charge in [0.2, 0.25) is 0 Å². The molecule has 20 heavy (non-hydrogen) atoms. The Hall–Kier alpha value is -0.640. The summed E-state index contributed by atoms with van der Waals surface area (Å²) in [6, 6.07) is 15.3. The maximum absolute atomic E-state index is 3.69. The van der Waals surface area contributed by atoms with E-state index in [0.29, 0.717) is 0 Å². The van der Waals surface area contributed by atoms with E-state index in [1.807, 2.05) is 0 Å². The minimum Gasteiger partial charge on any atom is -0.306 e. The van der Waals surface area contributed by atoms with Gasteiger partial charge in [0.1, 0.15) is 0 Å². The van der Waals surface area contributed by atoms with Crippen LogP contribution in [0.5, 0.6) is 0 Å². The first kappa shape index (κ1) is 15.7. The Morgan fingerprint density at radius 2 is 1.75 bits per heavy atom. The molecule has 0 spiro atoms. The van der Waals surface area contributed by atoms with Crippen molar-refractivity contribution in [2.45, 2.75) is 26.3 Å². The molecular weight excluding hydrogens is 378 g/mol. The fraction of sp³-hybridized carbons (Fsp3) is 0.294. The second kappa shape index (κ2) is 7.39. The molecule has 3 heteroatoms. The third kappa shape index (κ3) is 3.94. The van der Waals surface area contributed by atoms with Gasteiger partial charge in [-0.15, -0.1) is 0 Å². The molecule has 2 rings (SSSR count). The molecule has 1 N–H and O–H groups in total. The molecule has 0 saturated carbocycles. The molecule has 0 aliphatic heterocycles. The van der Waals surface area contributed by atoms with E-state index in [4.69, 9.17) is 0 Å². The van der Waals surface area contributed by atoms with Gasteiger partial charge in [-0.05, 0) is 49.2 Å². The Kier molecular flexibility index (Phi) is 5.82. The van der Waals surface area contributed by atoms with Crippen LogP contribution in [0.3, 0.4) is 0 Å². The molecule has 2 aromatic rings. The monoisotopic (exact) mass is 395 g/mol. The van der Waals surface area contributed by atoms with E-state index < -0.39 is 0 Å². The first-order chi connectivity index (χ1) is 9.61. The number of nitrogens with one attached hydrogen (secondary N) is 1. The van der Waals surface area contributed by atoms with Gasteiger partial charge in [0.15, 0.2) is 0 Å². The highest BCUT2D eigenvalue weighted by Crippen LogP contribution is 2.30. The van der Waals surface area contributed by atoms with Crippen molar-refractivity contribution >= 4 is 31.9 Å². The summed E-state index contributed by atoms with van der Waals surface area (Å²) in [6.07, 6.45) is 1.12. The number of rotatable bonds is 5. The minimum atomic E-state index is 0.220. The van der Waals surface area contributed by atoms with Gasteiger partial charge in [0, 0.05) is 8.95 Å². The van der Waals surface area contributed by atoms with Crippen LogP contribution in [0.2, 0.25) is 0 Å². The molecule has 0 fully saturated rings. The lowest BCUT2D eigenvalue weighted by atomic mass is 9.97. The van der Waals surface area contributed by atoms with Crippen molar-refractivity contribution in [3.63, 3.8) is 0 Å². The number of aryl methyl sites for hydroxylation is 1. The van der Waals surface area contributed by atoms with Crippen LogP contribution >= 0.6 is 31.9 Å². The van der Waals surface area contributed by atoms with Gasteiger partial charge in [-0.3, -0.25) is 0 Å². The first-order valence-electron chi connectivity index (χ1n) is 6.86. The topological polar surface area (TPSA) is 12.0 Å². The van der Waals surface area contributed by atoms with E-state index in [9.17, 15) is 0 Å². The molecule has 1 atom stereocenters. The second-order valence-electron chi connectivity index (χ2n) is 4.96. The maximum atomic E-state index is 3.69. The highest BCUT2D eigenvalue weighted by molar-refractivity contribution is 9.10. The van der Waals surface area contributed by atoms with Crippen LogP contribution in [0.25, 0.3) is 0 Å². The highest BCUT2D eigenvalue weighted by atomic mass is 79.9. The van der Waals surface area contributed by atoms with E-state index >= 15 is 0 Å². The zero-order chi connectivity index (χ0) is 14.5. The molecule has 1 nitrogen and oxygen atoms in total. The van der Waals surface area contributed by atoms with Gasteiger partial charge in [0.25, 0.3) is 0 Å². The quantitative estimate of drug-likeness (QED) is 0.692. The lowest BCUT2D eigenvalue weighted by molar-refractivity contribution is 0.596. The van der Waals surface area contributed by atoms with Crippen LogP contribution in [-0.2, 0) is 0 Å². The Labute approximate surface area is 138 Å². The second-order valence-corrected chi connectivity index (χ2v) is 6.73. The van der Waals surface area contributed by atoms with Crippen molar-refractivity contribution in [2.75, 3.05) is 6.54 Å². The van der Waals surface area contributed by atoms with Gasteiger partial charge >= 0.3 is 0 Å². The SMILES string of the molecule is CCCNC(c1ccc(Br)cc1)c1cc(C)ccc1Br. The van der Waals surface area contributed by atoms with Crippen LogP contribution < -0.4 is 5.32 Å². The minimum absolute atomic E-state index is 0.220. The maximum Gasteiger partial charge on any atom is 0.0587 e. The van der Waals surface area contributed by atoms with Gasteiger partial charge < -0.3 is 5.32 Å². The van der Waals surface area contributed by atoms with Crippen LogP contribution in [-0.4, -0.2) is 6.54 Å². The van der Waals surface area contributed by atoms with E-state index in [1.54, 1.807) is 0 Å². The molecule has 0 heterocycles. The number of hydrogen-bond acceptors (Lipinski definition) is 1. The summed E-state index contributed by atoms with van der Waals surface area (Å²) in [7, 11) is 0. The lowest BCUT2D eigenvalue weighted by Gasteiger charge is -2.21. The lowest BCUT2D eigenvalue weighted by Crippen LogP contribution is -2.23. The summed E-state index contributed by atoms with van der Waals surface area (Å²) >= 11 is 7.19. The van der Waals surface area contributed by atoms with Crippen molar-refractivity contribution in [3.8, 4) is 0 Å². The average molecular weight is 397 g/mol. The Morgan fingerprint density at radius 1 is 1.05 bits per heavy atom. The van der Waals surface area contributed by atoms with E-state index in [1.165, 1.54) is 16.7 Å². The van der Waals surface area contributed by atoms with Gasteiger partial charge in [-0.25, -0.2) is 0 Å². The summed E-state index contributed by atoms with van der Waals surface area (Å²) in [5.41, 5.74) is 3.86. The van der Waals surface area contributed by atoms with Crippen LogP contribution in [0, 0.1) is 6.92 Å². The van der Waals surface area contributed by atoms with Gasteiger partial charge in [-0.1, -0.05) is 68.6 Å². The van der Waals surface area contributed by atoms with E-state index in [-0.39, 0.29) is 6.04 Å². The van der Waals surface area contributed by atoms with Crippen molar-refractivity contribution in [2.24, 2.45) is 0 Å². The Bertz CT molecular complexity index is 564. The largest absolute Gasteiger partial charge is 0.306 e. The molecule has 2 aromatic carbocycles. The van der Waals surface area contributed by atoms with Crippen molar-refractivity contribution in [3.05, 3.63) is 68.1 Å². The zero-order valence-electron chi connectivity index (χ0n) is 11.8. The van der Waals surface area contributed by atoms with E-state index in [2.05, 4.69) is 93.5 Å². The van der Waals surface area contributed by atoms with E-state index in [0.717, 1.165) is 21.9 Å². The van der Waals surface area contributed by atoms with Crippen molar-refractivity contribution in [1.82, 2.24) is 5.32 Å². The van der Waals surface area contributed by atoms with Crippen LogP contribution in [0.1, 0.15) is 36.1 Å². The third-order valence-corrected chi connectivity index (χ3v) is 4.52. The number of benzene rings is 2. The zero-order valence-corrected chi connectivity index (χ0v) is 15.0. The summed E-state index contributed by atoms with van der Waals surface area (Å²) in [4.78, 5) is 0. The molecule has 1 unspecified atom stereocenters. The molecule has 0 radical (unpaired) electrons. The fourth-order valence-corrected chi connectivity index (χ4v) is 2.98. The molecule has 0 aliphatic rings. The predicted molar refractivity (Wildman–Crippen MR) is 93.2 cm³/mol. The van der Waals surface area contributed by atoms with Crippen LogP contribution in [0.4, 0.5) is 0 Å². The molecule has 0 aliphatic carbocycles. The van der Waals surface area contributed by atoms with Crippen LogP contribution in [0.15, 0.2) is 51.4 Å². The molecule has 0 bridgehead atoms. The van der Waals surface area contributed by atoms with Gasteiger partial charge in [0.05, 0.1) is 6.04 Å². The summed E-state index contributed by atoms with van der Waals surface area (Å²) in [5.74, 6) is 0. The molecular formula is C17H19Br2N. The average Bonchev–Trinajstić information content (AvgIpc) is 2.44. The fourth-order valence-electron chi connectivity index (χ4n) is 2.24. The van der Waals surface area contributed by atoms with Crippen molar-refractivity contribution in [1.29, 1.82) is 0 Å². The standard InChI is InChI=1S/C17H19Br2N/c1-3-10-20-17(13-5-7-14(18)8-6-13)15-11-12(2)4-9-16(15)19/h4-9,11,17,20H,3,10H2,1-2H3. The first-order valence-corrected chi connectivity index (χ1v) is 8.45. The molecule has 0 amide bonds. The van der Waals surface area contributed by atoms with Crippen molar-refractivity contribution < 1.29 is 0 Å². The number of halogens is 2. The molecule has 106 valence electrons. The summed E-state index contributed by atoms with van der Waals surface area (Å²) in [5, 5.41) is 3.64. The predicted octanol–water partition coefficient (Wildman–Crippen LogP) is 5.61. The highest BCUT2D eigenvalue weighted by Gasteiger charge is 2.16. The Morgan fingerprint density at radius 3 is 2.40 bits per heavy atom.